The quantitative estimate of drug-likeness (QED) is 0.127. The molecule has 0 spiro atoms. The summed E-state index contributed by atoms with van der Waals surface area (Å²) in [5, 5.41) is 7.14. The van der Waals surface area contributed by atoms with Gasteiger partial charge in [-0.15, -0.1) is 48.1 Å². The normalized spacial score (nSPS) is 12.8. The van der Waals surface area contributed by atoms with E-state index in [-0.39, 0.29) is 26.5 Å². The number of ether oxygens (including phenoxy) is 1. The molecule has 0 saturated heterocycles. The van der Waals surface area contributed by atoms with E-state index in [9.17, 15) is 0 Å². The van der Waals surface area contributed by atoms with E-state index in [0.29, 0.717) is 11.5 Å². The fraction of sp³-hybridized carbons (Fsp3) is 0.0851. The zero-order chi connectivity index (χ0) is 35.7. The van der Waals surface area contributed by atoms with Crippen molar-refractivity contribution in [3.05, 3.63) is 170 Å². The Morgan fingerprint density at radius 1 is 0.630 bits per heavy atom. The predicted molar refractivity (Wildman–Crippen MR) is 216 cm³/mol. The number of anilines is 4. The number of rotatable bonds is 5. The van der Waals surface area contributed by atoms with Gasteiger partial charge in [-0.1, -0.05) is 87.0 Å². The summed E-state index contributed by atoms with van der Waals surface area (Å²) in [4.78, 5) is 13.6. The first-order chi connectivity index (χ1) is 25.9. The van der Waals surface area contributed by atoms with Gasteiger partial charge >= 0.3 is 0 Å². The van der Waals surface area contributed by atoms with E-state index < -0.39 is 0 Å². The summed E-state index contributed by atoms with van der Waals surface area (Å²) >= 11 is 0. The molecule has 4 heterocycles. The Morgan fingerprint density at radius 2 is 1.41 bits per heavy atom. The van der Waals surface area contributed by atoms with Gasteiger partial charge in [-0.3, -0.25) is 4.98 Å². The minimum atomic E-state index is -0.0130. The number of nitrogens with zero attached hydrogens (tertiary/aromatic N) is 5. The third kappa shape index (κ3) is 5.69. The molecule has 10 rings (SSSR count). The molecule has 6 aromatic carbocycles. The summed E-state index contributed by atoms with van der Waals surface area (Å²) in [5.41, 5.74) is 7.09. The molecule has 0 unspecified atom stereocenters. The molecule has 0 saturated carbocycles. The van der Waals surface area contributed by atoms with Crippen molar-refractivity contribution >= 4 is 66.1 Å². The van der Waals surface area contributed by atoms with Crippen LogP contribution in [0.4, 0.5) is 22.7 Å². The van der Waals surface area contributed by atoms with E-state index in [4.69, 9.17) is 9.72 Å². The average Bonchev–Trinajstić information content (AvgIpc) is 3.74. The summed E-state index contributed by atoms with van der Waals surface area (Å²) < 4.78 is 8.70. The van der Waals surface area contributed by atoms with Crippen molar-refractivity contribution in [3.63, 3.8) is 0 Å². The van der Waals surface area contributed by atoms with Crippen LogP contribution in [-0.2, 0) is 26.5 Å². The Labute approximate surface area is 328 Å². The Kier molecular flexibility index (Phi) is 8.24. The SMILES string of the molecule is CC(C)(C)c1ccnc(-n2c3[c-]c(Oc4[c-]c(N5[CH-]N(c6ccc7c(ccc8ccccc87)c6)c6cnccc65)ccc4)ccc3c3ccccc32)c1.[Pt]. The van der Waals surface area contributed by atoms with Crippen molar-refractivity contribution in [3.8, 4) is 17.3 Å². The van der Waals surface area contributed by atoms with Gasteiger partial charge < -0.3 is 19.1 Å². The first kappa shape index (κ1) is 33.8. The molecule has 9 aromatic rings. The average molecular weight is 880 g/mol. The summed E-state index contributed by atoms with van der Waals surface area (Å²) in [6, 6.07) is 51.4. The molecule has 0 amide bonds. The molecule has 266 valence electrons. The van der Waals surface area contributed by atoms with E-state index in [1.807, 2.05) is 48.9 Å². The first-order valence-electron chi connectivity index (χ1n) is 17.8. The second-order valence-corrected chi connectivity index (χ2v) is 14.5. The number of hydrogen-bond acceptors (Lipinski definition) is 5. The van der Waals surface area contributed by atoms with Gasteiger partial charge in [0.25, 0.3) is 0 Å². The molecule has 0 bridgehead atoms. The van der Waals surface area contributed by atoms with Crippen LogP contribution >= 0.6 is 0 Å². The third-order valence-electron chi connectivity index (χ3n) is 10.2. The Morgan fingerprint density at radius 3 is 2.30 bits per heavy atom. The van der Waals surface area contributed by atoms with Crippen molar-refractivity contribution < 1.29 is 25.8 Å². The van der Waals surface area contributed by atoms with Gasteiger partial charge in [-0.2, -0.15) is 12.1 Å². The fourth-order valence-electron chi connectivity index (χ4n) is 7.49. The number of pyridine rings is 2. The van der Waals surface area contributed by atoms with Gasteiger partial charge in [-0.25, -0.2) is 4.98 Å². The minimum Gasteiger partial charge on any atom is -0.509 e. The topological polar surface area (TPSA) is 46.4 Å². The van der Waals surface area contributed by atoms with Crippen LogP contribution in [0.1, 0.15) is 26.3 Å². The largest absolute Gasteiger partial charge is 0.509 e. The zero-order valence-electron chi connectivity index (χ0n) is 29.9. The monoisotopic (exact) mass is 879 g/mol. The van der Waals surface area contributed by atoms with Gasteiger partial charge in [0.2, 0.25) is 0 Å². The Hall–Kier alpha value is -5.97. The number of aromatic nitrogens is 3. The second kappa shape index (κ2) is 13.2. The molecule has 0 radical (unpaired) electrons. The van der Waals surface area contributed by atoms with Crippen LogP contribution < -0.4 is 14.5 Å². The molecule has 1 aliphatic rings. The number of benzene rings is 6. The van der Waals surface area contributed by atoms with Gasteiger partial charge in [-0.05, 0) is 74.3 Å². The Balaban J connectivity index is 0.00000384. The summed E-state index contributed by atoms with van der Waals surface area (Å²) in [5.74, 6) is 2.04. The molecule has 6 nitrogen and oxygen atoms in total. The standard InChI is InChI=1S/C47H34N5O.Pt/c1-47(2,3)33-21-24-49-46(26-33)52-42-14-7-6-13-40(42)41-20-18-37(28-44(41)52)53-36-11-8-10-34(27-36)50-30-51(45-29-48-23-22-43(45)50)35-17-19-39-32(25-35)16-15-31-9-4-5-12-38(31)39;/h4-26,29-30H,1-3H3;/q-3;. The van der Waals surface area contributed by atoms with Crippen LogP contribution in [0.5, 0.6) is 11.5 Å². The minimum absolute atomic E-state index is 0. The molecule has 3 aromatic heterocycles. The maximum Gasteiger partial charge on any atom is 0.135 e. The van der Waals surface area contributed by atoms with Crippen molar-refractivity contribution in [2.24, 2.45) is 0 Å². The van der Waals surface area contributed by atoms with Crippen molar-refractivity contribution in [1.29, 1.82) is 0 Å². The molecular weight excluding hydrogens is 846 g/mol. The molecule has 0 fully saturated rings. The maximum atomic E-state index is 6.52. The van der Waals surface area contributed by atoms with Crippen LogP contribution in [0.3, 0.4) is 0 Å². The van der Waals surface area contributed by atoms with Gasteiger partial charge in [0.15, 0.2) is 0 Å². The molecular formula is C47H34N5OPt-3. The van der Waals surface area contributed by atoms with Crippen LogP contribution in [0.15, 0.2) is 146 Å². The number of para-hydroxylation sites is 1. The number of fused-ring (bicyclic) bond motifs is 7. The van der Waals surface area contributed by atoms with Crippen molar-refractivity contribution in [2.75, 3.05) is 9.80 Å². The zero-order valence-corrected chi connectivity index (χ0v) is 32.2. The van der Waals surface area contributed by atoms with Crippen LogP contribution in [0.2, 0.25) is 0 Å². The predicted octanol–water partition coefficient (Wildman–Crippen LogP) is 12.0. The number of hydrogen-bond donors (Lipinski definition) is 0. The molecule has 1 aliphatic heterocycles. The second-order valence-electron chi connectivity index (χ2n) is 14.5. The molecule has 0 aliphatic carbocycles. The third-order valence-corrected chi connectivity index (χ3v) is 10.2. The molecule has 0 atom stereocenters. The van der Waals surface area contributed by atoms with Crippen LogP contribution in [0, 0.1) is 18.8 Å². The summed E-state index contributed by atoms with van der Waals surface area (Å²) in [7, 11) is 0. The van der Waals surface area contributed by atoms with E-state index in [0.717, 1.165) is 50.4 Å². The van der Waals surface area contributed by atoms with Crippen LogP contribution in [-0.4, -0.2) is 14.5 Å². The maximum absolute atomic E-state index is 6.52. The summed E-state index contributed by atoms with van der Waals surface area (Å²) in [6.07, 6.45) is 5.63. The summed E-state index contributed by atoms with van der Waals surface area (Å²) in [6.45, 7) is 8.76. The molecule has 54 heavy (non-hydrogen) atoms. The van der Waals surface area contributed by atoms with Crippen molar-refractivity contribution in [1.82, 2.24) is 14.5 Å². The van der Waals surface area contributed by atoms with Gasteiger partial charge in [0.1, 0.15) is 5.82 Å². The van der Waals surface area contributed by atoms with Gasteiger partial charge in [0.05, 0.1) is 11.9 Å². The van der Waals surface area contributed by atoms with E-state index in [2.05, 4.69) is 156 Å². The first-order valence-corrected chi connectivity index (χ1v) is 17.8. The smallest absolute Gasteiger partial charge is 0.135 e. The van der Waals surface area contributed by atoms with Crippen LogP contribution in [0.25, 0.3) is 49.2 Å². The van der Waals surface area contributed by atoms with E-state index in [1.165, 1.54) is 27.1 Å². The van der Waals surface area contributed by atoms with Crippen molar-refractivity contribution in [2.45, 2.75) is 26.2 Å². The molecule has 0 N–H and O–H groups in total. The van der Waals surface area contributed by atoms with E-state index >= 15 is 0 Å². The Bertz CT molecular complexity index is 2870. The molecule has 7 heteroatoms. The van der Waals surface area contributed by atoms with E-state index in [1.54, 1.807) is 0 Å². The van der Waals surface area contributed by atoms with Gasteiger partial charge in [0, 0.05) is 61.8 Å². The fourth-order valence-corrected chi connectivity index (χ4v) is 7.49.